The fourth-order valence-electron chi connectivity index (χ4n) is 5.19. The lowest BCUT2D eigenvalue weighted by molar-refractivity contribution is -0.121. The van der Waals surface area contributed by atoms with Gasteiger partial charge in [-0.2, -0.15) is 5.10 Å². The number of hydrogen-bond donors (Lipinski definition) is 1. The minimum absolute atomic E-state index is 0.116. The SMILES string of the molecule is O=C(CCCc1cc(-c2cc(Cl)cc(Cl)c2)nn1-c1ccc2ccccc2c1)NCCCCN1CCCC1. The number of carbonyl (C=O) groups excluding carboxylic acids is 1. The van der Waals surface area contributed by atoms with Crippen LogP contribution in [0.3, 0.4) is 0 Å². The number of unbranched alkanes of at least 4 members (excludes halogenated alkanes) is 1. The maximum atomic E-state index is 12.5. The first-order valence-electron chi connectivity index (χ1n) is 13.6. The Bertz CT molecular complexity index is 1370. The molecule has 0 saturated carbocycles. The summed E-state index contributed by atoms with van der Waals surface area (Å²) in [6, 6.07) is 22.2. The molecular formula is C31H34Cl2N4O. The Balaban J connectivity index is 1.24. The largest absolute Gasteiger partial charge is 0.356 e. The van der Waals surface area contributed by atoms with E-state index in [-0.39, 0.29) is 5.91 Å². The van der Waals surface area contributed by atoms with Crippen molar-refractivity contribution in [2.24, 2.45) is 0 Å². The van der Waals surface area contributed by atoms with Gasteiger partial charge >= 0.3 is 0 Å². The molecule has 1 aromatic heterocycles. The summed E-state index contributed by atoms with van der Waals surface area (Å²) in [5.74, 6) is 0.116. The summed E-state index contributed by atoms with van der Waals surface area (Å²) in [5.41, 5.74) is 3.71. The maximum Gasteiger partial charge on any atom is 0.220 e. The molecule has 5 nitrogen and oxygen atoms in total. The van der Waals surface area contributed by atoms with E-state index < -0.39 is 0 Å². The summed E-state index contributed by atoms with van der Waals surface area (Å²) in [6.45, 7) is 4.36. The summed E-state index contributed by atoms with van der Waals surface area (Å²) in [5, 5.41) is 11.5. The number of aromatic nitrogens is 2. The Kier molecular flexibility index (Phi) is 9.00. The standard InChI is InChI=1S/C31H34Cl2N4O/c32-26-18-25(19-27(33)21-26)30-22-28(37(35-30)29-13-12-23-8-1-2-9-24(23)20-29)10-7-11-31(38)34-14-3-4-15-36-16-5-6-17-36/h1-2,8-9,12-13,18-22H,3-7,10-11,14-17H2,(H,34,38). The monoisotopic (exact) mass is 548 g/mol. The fourth-order valence-corrected chi connectivity index (χ4v) is 5.71. The maximum absolute atomic E-state index is 12.5. The van der Waals surface area contributed by atoms with Crippen molar-refractivity contribution in [2.75, 3.05) is 26.2 Å². The van der Waals surface area contributed by atoms with E-state index in [4.69, 9.17) is 28.3 Å². The summed E-state index contributed by atoms with van der Waals surface area (Å²) in [7, 11) is 0. The molecule has 1 fully saturated rings. The highest BCUT2D eigenvalue weighted by Crippen LogP contribution is 2.29. The zero-order valence-corrected chi connectivity index (χ0v) is 23.1. The van der Waals surface area contributed by atoms with Crippen molar-refractivity contribution in [3.63, 3.8) is 0 Å². The van der Waals surface area contributed by atoms with Crippen LogP contribution in [0.4, 0.5) is 0 Å². The predicted molar refractivity (Wildman–Crippen MR) is 157 cm³/mol. The number of likely N-dealkylation sites (tertiary alicyclic amines) is 1. The number of fused-ring (bicyclic) bond motifs is 1. The second kappa shape index (κ2) is 12.8. The number of nitrogens with zero attached hydrogens (tertiary/aromatic N) is 3. The first-order valence-corrected chi connectivity index (χ1v) is 14.3. The molecule has 1 saturated heterocycles. The van der Waals surface area contributed by atoms with Gasteiger partial charge in [0.25, 0.3) is 0 Å². The highest BCUT2D eigenvalue weighted by molar-refractivity contribution is 6.35. The number of benzene rings is 3. The summed E-state index contributed by atoms with van der Waals surface area (Å²) in [4.78, 5) is 15.0. The molecular weight excluding hydrogens is 515 g/mol. The molecule has 2 heterocycles. The number of carbonyl (C=O) groups is 1. The molecule has 4 aromatic rings. The van der Waals surface area contributed by atoms with E-state index in [1.165, 1.54) is 31.3 Å². The lowest BCUT2D eigenvalue weighted by atomic mass is 10.1. The average Bonchev–Trinajstić information content (AvgIpc) is 3.58. The molecule has 5 rings (SSSR count). The van der Waals surface area contributed by atoms with Crippen LogP contribution >= 0.6 is 23.2 Å². The Labute approximate surface area is 234 Å². The van der Waals surface area contributed by atoms with Gasteiger partial charge in [0.2, 0.25) is 5.91 Å². The molecule has 1 aliphatic heterocycles. The molecule has 0 aliphatic carbocycles. The topological polar surface area (TPSA) is 50.2 Å². The van der Waals surface area contributed by atoms with Gasteiger partial charge in [0, 0.05) is 34.3 Å². The van der Waals surface area contributed by atoms with Crippen LogP contribution in [0.5, 0.6) is 0 Å². The lowest BCUT2D eigenvalue weighted by Gasteiger charge is -2.14. The van der Waals surface area contributed by atoms with Crippen LogP contribution in [-0.2, 0) is 11.2 Å². The van der Waals surface area contributed by atoms with Gasteiger partial charge < -0.3 is 10.2 Å². The average molecular weight is 550 g/mol. The number of hydrogen-bond acceptors (Lipinski definition) is 3. The van der Waals surface area contributed by atoms with E-state index in [1.54, 1.807) is 6.07 Å². The summed E-state index contributed by atoms with van der Waals surface area (Å²) in [6.07, 6.45) is 6.79. The summed E-state index contributed by atoms with van der Waals surface area (Å²) < 4.78 is 1.98. The van der Waals surface area contributed by atoms with Crippen LogP contribution < -0.4 is 5.32 Å². The third kappa shape index (κ3) is 6.96. The van der Waals surface area contributed by atoms with Gasteiger partial charge in [-0.15, -0.1) is 0 Å². The smallest absolute Gasteiger partial charge is 0.220 e. The van der Waals surface area contributed by atoms with Gasteiger partial charge in [-0.3, -0.25) is 4.79 Å². The molecule has 1 N–H and O–H groups in total. The van der Waals surface area contributed by atoms with Crippen molar-refractivity contribution < 1.29 is 4.79 Å². The second-order valence-electron chi connectivity index (χ2n) is 10.1. The molecule has 0 spiro atoms. The number of amides is 1. The van der Waals surface area contributed by atoms with Crippen molar-refractivity contribution in [3.8, 4) is 16.9 Å². The van der Waals surface area contributed by atoms with Gasteiger partial charge in [-0.25, -0.2) is 4.68 Å². The molecule has 1 aliphatic rings. The Hall–Kier alpha value is -2.86. The van der Waals surface area contributed by atoms with E-state index in [0.717, 1.165) is 66.8 Å². The van der Waals surface area contributed by atoms with Crippen LogP contribution in [0.1, 0.15) is 44.2 Å². The number of aryl methyl sites for hydroxylation is 1. The van der Waals surface area contributed by atoms with Crippen molar-refractivity contribution in [3.05, 3.63) is 82.5 Å². The van der Waals surface area contributed by atoms with E-state index in [0.29, 0.717) is 16.5 Å². The van der Waals surface area contributed by atoms with Crippen LogP contribution in [0.2, 0.25) is 10.0 Å². The molecule has 38 heavy (non-hydrogen) atoms. The predicted octanol–water partition coefficient (Wildman–Crippen LogP) is 7.31. The minimum atomic E-state index is 0.116. The van der Waals surface area contributed by atoms with Crippen LogP contribution in [0.15, 0.2) is 66.7 Å². The fraction of sp³-hybridized carbons (Fsp3) is 0.355. The molecule has 1 amide bonds. The quantitative estimate of drug-likeness (QED) is 0.200. The normalized spacial score (nSPS) is 13.8. The van der Waals surface area contributed by atoms with Crippen molar-refractivity contribution in [1.29, 1.82) is 0 Å². The lowest BCUT2D eigenvalue weighted by Crippen LogP contribution is -2.26. The molecule has 0 bridgehead atoms. The molecule has 7 heteroatoms. The third-order valence-electron chi connectivity index (χ3n) is 7.18. The van der Waals surface area contributed by atoms with Crippen LogP contribution in [0.25, 0.3) is 27.7 Å². The van der Waals surface area contributed by atoms with Gasteiger partial charge in [0.15, 0.2) is 0 Å². The first kappa shape index (κ1) is 26.7. The molecule has 0 atom stereocenters. The van der Waals surface area contributed by atoms with Crippen molar-refractivity contribution >= 4 is 39.9 Å². The van der Waals surface area contributed by atoms with Crippen molar-refractivity contribution in [2.45, 2.75) is 44.9 Å². The second-order valence-corrected chi connectivity index (χ2v) is 11.0. The Morgan fingerprint density at radius 3 is 2.42 bits per heavy atom. The molecule has 0 unspecified atom stereocenters. The number of halogens is 2. The molecule has 0 radical (unpaired) electrons. The molecule has 3 aromatic carbocycles. The van der Waals surface area contributed by atoms with E-state index in [1.807, 2.05) is 28.9 Å². The van der Waals surface area contributed by atoms with Gasteiger partial charge in [0.1, 0.15) is 0 Å². The van der Waals surface area contributed by atoms with Gasteiger partial charge in [0.05, 0.1) is 11.4 Å². The highest BCUT2D eigenvalue weighted by Gasteiger charge is 2.14. The molecule has 198 valence electrons. The Morgan fingerprint density at radius 2 is 1.63 bits per heavy atom. The highest BCUT2D eigenvalue weighted by atomic mass is 35.5. The number of nitrogens with one attached hydrogen (secondary N) is 1. The van der Waals surface area contributed by atoms with E-state index in [2.05, 4.69) is 46.6 Å². The van der Waals surface area contributed by atoms with Crippen molar-refractivity contribution in [1.82, 2.24) is 20.0 Å². The van der Waals surface area contributed by atoms with Gasteiger partial charge in [-0.05, 0) is 105 Å². The van der Waals surface area contributed by atoms with Crippen LogP contribution in [0, 0.1) is 0 Å². The summed E-state index contributed by atoms with van der Waals surface area (Å²) >= 11 is 12.6. The zero-order chi connectivity index (χ0) is 26.3. The number of rotatable bonds is 11. The Morgan fingerprint density at radius 1 is 0.868 bits per heavy atom. The first-order chi connectivity index (χ1) is 18.5. The minimum Gasteiger partial charge on any atom is -0.356 e. The van der Waals surface area contributed by atoms with E-state index >= 15 is 0 Å². The van der Waals surface area contributed by atoms with E-state index in [9.17, 15) is 4.79 Å². The van der Waals surface area contributed by atoms with Crippen LogP contribution in [-0.4, -0.2) is 46.8 Å². The third-order valence-corrected chi connectivity index (χ3v) is 7.61. The zero-order valence-electron chi connectivity index (χ0n) is 21.6. The van der Waals surface area contributed by atoms with Gasteiger partial charge in [-0.1, -0.05) is 53.5 Å².